The highest BCUT2D eigenvalue weighted by molar-refractivity contribution is 5.85. The summed E-state index contributed by atoms with van der Waals surface area (Å²) in [5, 5.41) is 3.35. The zero-order valence-electron chi connectivity index (χ0n) is 13.4. The molecule has 22 heavy (non-hydrogen) atoms. The molecule has 1 heterocycles. The van der Waals surface area contributed by atoms with Crippen LogP contribution < -0.4 is 10.1 Å². The van der Waals surface area contributed by atoms with Gasteiger partial charge in [0.2, 0.25) is 0 Å². The van der Waals surface area contributed by atoms with Crippen LogP contribution in [0.3, 0.4) is 0 Å². The Bertz CT molecular complexity index is 480. The predicted molar refractivity (Wildman–Crippen MR) is 88.7 cm³/mol. The second-order valence-electron chi connectivity index (χ2n) is 5.13. The van der Waals surface area contributed by atoms with Crippen LogP contribution in [0.2, 0.25) is 0 Å². The molecule has 1 fully saturated rings. The molecule has 0 radical (unpaired) electrons. The van der Waals surface area contributed by atoms with Crippen molar-refractivity contribution in [1.29, 1.82) is 0 Å². The molecule has 5 nitrogen and oxygen atoms in total. The van der Waals surface area contributed by atoms with Crippen molar-refractivity contribution in [3.05, 3.63) is 29.8 Å². The van der Waals surface area contributed by atoms with Crippen molar-refractivity contribution in [2.45, 2.75) is 25.5 Å². The summed E-state index contributed by atoms with van der Waals surface area (Å²) in [6, 6.07) is 7.84. The molecule has 1 N–H and O–H groups in total. The molecule has 2 unspecified atom stereocenters. The van der Waals surface area contributed by atoms with Gasteiger partial charge in [0, 0.05) is 32.3 Å². The van der Waals surface area contributed by atoms with Gasteiger partial charge in [0.25, 0.3) is 5.91 Å². The second kappa shape index (κ2) is 8.98. The number of piperazine rings is 1. The summed E-state index contributed by atoms with van der Waals surface area (Å²) in [6.07, 6.45) is 0.304. The summed E-state index contributed by atoms with van der Waals surface area (Å²) in [4.78, 5) is 14.6. The number of carbonyl (C=O) groups is 1. The van der Waals surface area contributed by atoms with Gasteiger partial charge in [-0.15, -0.1) is 12.4 Å². The first kappa shape index (κ1) is 18.7. The highest BCUT2D eigenvalue weighted by Gasteiger charge is 2.32. The van der Waals surface area contributed by atoms with Gasteiger partial charge in [-0.3, -0.25) is 4.79 Å². The van der Waals surface area contributed by atoms with E-state index in [9.17, 15) is 4.79 Å². The average molecular weight is 329 g/mol. The van der Waals surface area contributed by atoms with Crippen LogP contribution in [0.1, 0.15) is 24.9 Å². The molecule has 1 aromatic carbocycles. The number of nitrogens with one attached hydrogen (secondary N) is 1. The maximum Gasteiger partial charge on any atom is 0.252 e. The van der Waals surface area contributed by atoms with Crippen LogP contribution in [0, 0.1) is 0 Å². The third kappa shape index (κ3) is 3.91. The fourth-order valence-electron chi connectivity index (χ4n) is 2.81. The number of hydrogen-bond donors (Lipinski definition) is 1. The van der Waals surface area contributed by atoms with Gasteiger partial charge in [-0.2, -0.15) is 0 Å². The Balaban J connectivity index is 0.00000242. The molecule has 2 atom stereocenters. The van der Waals surface area contributed by atoms with Gasteiger partial charge in [-0.1, -0.05) is 25.1 Å². The first-order chi connectivity index (χ1) is 10.2. The van der Waals surface area contributed by atoms with Crippen LogP contribution in [0.5, 0.6) is 5.75 Å². The fourth-order valence-corrected chi connectivity index (χ4v) is 2.81. The SMILES string of the molecule is CCC(OC)C(=O)N1CCNCC1c1ccccc1OC.Cl. The quantitative estimate of drug-likeness (QED) is 0.898. The van der Waals surface area contributed by atoms with Crippen molar-refractivity contribution in [2.75, 3.05) is 33.9 Å². The van der Waals surface area contributed by atoms with Gasteiger partial charge in [-0.25, -0.2) is 0 Å². The normalized spacial score (nSPS) is 19.2. The molecule has 0 bridgehead atoms. The second-order valence-corrected chi connectivity index (χ2v) is 5.13. The lowest BCUT2D eigenvalue weighted by Crippen LogP contribution is -2.52. The molecule has 2 rings (SSSR count). The van der Waals surface area contributed by atoms with Gasteiger partial charge in [0.15, 0.2) is 0 Å². The Morgan fingerprint density at radius 1 is 1.41 bits per heavy atom. The minimum absolute atomic E-state index is 0. The molecule has 1 aromatic rings. The minimum atomic E-state index is -0.375. The Labute approximate surface area is 138 Å². The molecule has 124 valence electrons. The molecule has 1 aliphatic rings. The molecule has 0 spiro atoms. The molecular formula is C16H25ClN2O3. The molecule has 6 heteroatoms. The molecule has 0 aliphatic carbocycles. The number of halogens is 1. The Morgan fingerprint density at radius 2 is 2.14 bits per heavy atom. The smallest absolute Gasteiger partial charge is 0.252 e. The summed E-state index contributed by atoms with van der Waals surface area (Å²) in [7, 11) is 3.25. The van der Waals surface area contributed by atoms with Crippen LogP contribution in [-0.2, 0) is 9.53 Å². The summed E-state index contributed by atoms with van der Waals surface area (Å²) < 4.78 is 10.8. The van der Waals surface area contributed by atoms with Crippen molar-refractivity contribution in [2.24, 2.45) is 0 Å². The largest absolute Gasteiger partial charge is 0.496 e. The lowest BCUT2D eigenvalue weighted by molar-refractivity contribution is -0.145. The van der Waals surface area contributed by atoms with Crippen LogP contribution >= 0.6 is 12.4 Å². The maximum absolute atomic E-state index is 12.7. The monoisotopic (exact) mass is 328 g/mol. The lowest BCUT2D eigenvalue weighted by atomic mass is 10.0. The van der Waals surface area contributed by atoms with Crippen molar-refractivity contribution >= 4 is 18.3 Å². The van der Waals surface area contributed by atoms with Crippen molar-refractivity contribution in [3.8, 4) is 5.75 Å². The van der Waals surface area contributed by atoms with Crippen molar-refractivity contribution < 1.29 is 14.3 Å². The summed E-state index contributed by atoms with van der Waals surface area (Å²) in [5.74, 6) is 0.867. The van der Waals surface area contributed by atoms with E-state index in [0.29, 0.717) is 13.0 Å². The fraction of sp³-hybridized carbons (Fsp3) is 0.562. The maximum atomic E-state index is 12.7. The van der Waals surface area contributed by atoms with E-state index < -0.39 is 0 Å². The molecule has 1 amide bonds. The molecule has 1 aliphatic heterocycles. The number of benzene rings is 1. The Hall–Kier alpha value is -1.30. The van der Waals surface area contributed by atoms with Crippen LogP contribution in [0.25, 0.3) is 0 Å². The molecule has 0 aromatic heterocycles. The van der Waals surface area contributed by atoms with Crippen LogP contribution in [0.15, 0.2) is 24.3 Å². The Morgan fingerprint density at radius 3 is 2.77 bits per heavy atom. The number of hydrogen-bond acceptors (Lipinski definition) is 4. The van der Waals surface area contributed by atoms with Gasteiger partial charge < -0.3 is 19.7 Å². The van der Waals surface area contributed by atoms with E-state index in [4.69, 9.17) is 9.47 Å². The predicted octanol–water partition coefficient (Wildman–Crippen LogP) is 2.01. The van der Waals surface area contributed by atoms with E-state index >= 15 is 0 Å². The summed E-state index contributed by atoms with van der Waals surface area (Å²) in [6.45, 7) is 4.18. The summed E-state index contributed by atoms with van der Waals surface area (Å²) >= 11 is 0. The molecule has 0 saturated carbocycles. The minimum Gasteiger partial charge on any atom is -0.496 e. The van der Waals surface area contributed by atoms with E-state index in [1.807, 2.05) is 36.1 Å². The standard InChI is InChI=1S/C16H24N2O3.ClH/c1-4-14(20-2)16(19)18-10-9-17-11-13(18)12-7-5-6-8-15(12)21-3;/h5-8,13-14,17H,4,9-11H2,1-3H3;1H. The van der Waals surface area contributed by atoms with E-state index in [1.54, 1.807) is 14.2 Å². The van der Waals surface area contributed by atoms with Crippen molar-refractivity contribution in [1.82, 2.24) is 10.2 Å². The number of ether oxygens (including phenoxy) is 2. The number of carbonyl (C=O) groups excluding carboxylic acids is 1. The topological polar surface area (TPSA) is 50.8 Å². The highest BCUT2D eigenvalue weighted by atomic mass is 35.5. The van der Waals surface area contributed by atoms with Gasteiger partial charge in [0.05, 0.1) is 13.2 Å². The van der Waals surface area contributed by atoms with Gasteiger partial charge >= 0.3 is 0 Å². The number of para-hydroxylation sites is 1. The first-order valence-electron chi connectivity index (χ1n) is 7.39. The molecule has 1 saturated heterocycles. The number of methoxy groups -OCH3 is 2. The lowest BCUT2D eigenvalue weighted by Gasteiger charge is -2.38. The summed E-state index contributed by atoms with van der Waals surface area (Å²) in [5.41, 5.74) is 1.03. The third-order valence-electron chi connectivity index (χ3n) is 3.96. The average Bonchev–Trinajstić information content (AvgIpc) is 2.55. The van der Waals surface area contributed by atoms with E-state index in [-0.39, 0.29) is 30.5 Å². The molecular weight excluding hydrogens is 304 g/mol. The van der Waals surface area contributed by atoms with Crippen molar-refractivity contribution in [3.63, 3.8) is 0 Å². The zero-order valence-corrected chi connectivity index (χ0v) is 14.2. The van der Waals surface area contributed by atoms with Gasteiger partial charge in [0.1, 0.15) is 11.9 Å². The number of nitrogens with zero attached hydrogens (tertiary/aromatic N) is 1. The highest BCUT2D eigenvalue weighted by Crippen LogP contribution is 2.30. The van der Waals surface area contributed by atoms with E-state index in [2.05, 4.69) is 5.32 Å². The van der Waals surface area contributed by atoms with Crippen LogP contribution in [0.4, 0.5) is 0 Å². The number of amides is 1. The zero-order chi connectivity index (χ0) is 15.2. The van der Waals surface area contributed by atoms with E-state index in [0.717, 1.165) is 24.4 Å². The number of rotatable bonds is 5. The van der Waals surface area contributed by atoms with E-state index in [1.165, 1.54) is 0 Å². The third-order valence-corrected chi connectivity index (χ3v) is 3.96. The van der Waals surface area contributed by atoms with Crippen LogP contribution in [-0.4, -0.2) is 50.8 Å². The Kier molecular flexibility index (Phi) is 7.65. The van der Waals surface area contributed by atoms with Gasteiger partial charge in [-0.05, 0) is 12.5 Å². The first-order valence-corrected chi connectivity index (χ1v) is 7.39.